The van der Waals surface area contributed by atoms with E-state index in [2.05, 4.69) is 39.2 Å². The van der Waals surface area contributed by atoms with Gasteiger partial charge < -0.3 is 20.0 Å². The van der Waals surface area contributed by atoms with Gasteiger partial charge in [-0.1, -0.05) is 57.2 Å². The van der Waals surface area contributed by atoms with Crippen LogP contribution in [0.4, 0.5) is 0 Å². The summed E-state index contributed by atoms with van der Waals surface area (Å²) in [7, 11) is -1.85. The average Bonchev–Trinajstić information content (AvgIpc) is 3.09. The summed E-state index contributed by atoms with van der Waals surface area (Å²) in [6, 6.07) is 7.64. The summed E-state index contributed by atoms with van der Waals surface area (Å²) in [5, 5.41) is 24.8. The van der Waals surface area contributed by atoms with Crippen LogP contribution >= 0.6 is 0 Å². The first-order valence-corrected chi connectivity index (χ1v) is 11.9. The summed E-state index contributed by atoms with van der Waals surface area (Å²) < 4.78 is 6.29. The quantitative estimate of drug-likeness (QED) is 0.570. The number of aliphatic hydroxyl groups excluding tert-OH is 1. The number of benzene rings is 1. The van der Waals surface area contributed by atoms with Crippen molar-refractivity contribution >= 4 is 8.32 Å². The predicted octanol–water partition coefficient (Wildman–Crippen LogP) is 3.26. The van der Waals surface area contributed by atoms with E-state index in [-0.39, 0.29) is 23.6 Å². The Morgan fingerprint density at radius 1 is 1.15 bits per heavy atom. The highest BCUT2D eigenvalue weighted by Crippen LogP contribution is 2.37. The smallest absolute Gasteiger partial charge is 0.250 e. The minimum atomic E-state index is -1.85. The molecule has 0 saturated carbocycles. The van der Waals surface area contributed by atoms with Crippen molar-refractivity contribution in [1.29, 1.82) is 0 Å². The van der Waals surface area contributed by atoms with E-state index >= 15 is 0 Å². The molecule has 0 amide bonds. The van der Waals surface area contributed by atoms with Crippen molar-refractivity contribution in [2.24, 2.45) is 0 Å². The van der Waals surface area contributed by atoms with Gasteiger partial charge in [-0.3, -0.25) is 0 Å². The maximum atomic E-state index is 12.1. The van der Waals surface area contributed by atoms with Crippen LogP contribution in [-0.4, -0.2) is 26.1 Å². The second-order valence-electron chi connectivity index (χ2n) is 8.24. The molecule has 0 radical (unpaired) electrons. The van der Waals surface area contributed by atoms with Gasteiger partial charge in [0.25, 0.3) is 0 Å². The number of nitrogens with one attached hydrogen (secondary N) is 1. The fraction of sp³-hybridized carbons (Fsp3) is 0.429. The minimum absolute atomic E-state index is 0.103. The molecule has 5 heteroatoms. The molecule has 26 heavy (non-hydrogen) atoms. The summed E-state index contributed by atoms with van der Waals surface area (Å²) in [5.74, 6) is 0.716. The molecule has 2 rings (SSSR count). The van der Waals surface area contributed by atoms with Gasteiger partial charge in [0.1, 0.15) is 5.75 Å². The average molecular weight is 373 g/mol. The lowest BCUT2D eigenvalue weighted by Crippen LogP contribution is -2.43. The van der Waals surface area contributed by atoms with Gasteiger partial charge in [0, 0.05) is 0 Å². The van der Waals surface area contributed by atoms with Crippen LogP contribution in [0.5, 0.6) is 5.75 Å². The van der Waals surface area contributed by atoms with E-state index in [4.69, 9.17) is 4.43 Å². The third kappa shape index (κ3) is 5.26. The zero-order chi connectivity index (χ0) is 19.4. The molecule has 0 fully saturated rings. The molecule has 1 aliphatic rings. The fourth-order valence-electron chi connectivity index (χ4n) is 2.38. The highest BCUT2D eigenvalue weighted by Gasteiger charge is 2.38. The second kappa shape index (κ2) is 8.14. The van der Waals surface area contributed by atoms with Gasteiger partial charge in [-0.15, -0.1) is 0 Å². The lowest BCUT2D eigenvalue weighted by atomic mass is 10.1. The van der Waals surface area contributed by atoms with Crippen LogP contribution < -0.4 is 14.8 Å². The van der Waals surface area contributed by atoms with E-state index in [0.717, 1.165) is 11.3 Å². The van der Waals surface area contributed by atoms with Gasteiger partial charge in [0.15, 0.2) is 0 Å². The predicted molar refractivity (Wildman–Crippen MR) is 107 cm³/mol. The van der Waals surface area contributed by atoms with Crippen LogP contribution in [-0.2, 0) is 6.42 Å². The van der Waals surface area contributed by atoms with Crippen molar-refractivity contribution in [3.8, 4) is 5.75 Å². The van der Waals surface area contributed by atoms with Crippen LogP contribution in [0, 0.1) is 0 Å². The number of aliphatic hydroxyl groups is 1. The molecular weight excluding hydrogens is 342 g/mol. The molecule has 0 spiro atoms. The molecule has 1 aromatic rings. The summed E-state index contributed by atoms with van der Waals surface area (Å²) >= 11 is 0. The molecule has 142 valence electrons. The van der Waals surface area contributed by atoms with E-state index in [1.807, 2.05) is 36.4 Å². The van der Waals surface area contributed by atoms with E-state index < -0.39 is 8.32 Å². The van der Waals surface area contributed by atoms with E-state index in [0.29, 0.717) is 12.0 Å². The number of hydrogen-bond acceptors (Lipinski definition) is 4. The maximum Gasteiger partial charge on any atom is 0.250 e. The Labute approximate surface area is 158 Å². The summed E-state index contributed by atoms with van der Waals surface area (Å²) in [4.78, 5) is 0. The van der Waals surface area contributed by atoms with E-state index in [1.165, 1.54) is 0 Å². The Balaban J connectivity index is 2.00. The van der Waals surface area contributed by atoms with Gasteiger partial charge in [0.05, 0.1) is 12.6 Å². The largest absolute Gasteiger partial charge is 0.860 e. The van der Waals surface area contributed by atoms with Crippen molar-refractivity contribution in [2.45, 2.75) is 51.4 Å². The van der Waals surface area contributed by atoms with Gasteiger partial charge >= 0.3 is 0 Å². The van der Waals surface area contributed by atoms with Crippen molar-refractivity contribution in [3.05, 3.63) is 65.6 Å². The Morgan fingerprint density at radius 2 is 1.73 bits per heavy atom. The Hall–Kier alpha value is -1.98. The Bertz CT molecular complexity index is 683. The van der Waals surface area contributed by atoms with Crippen LogP contribution in [0.25, 0.3) is 0 Å². The molecule has 1 aliphatic carbocycles. The Kier molecular flexibility index (Phi) is 6.37. The molecular formula is C21H30NO3Si-. The molecule has 0 saturated heterocycles. The second-order valence-corrected chi connectivity index (χ2v) is 13.0. The fourth-order valence-corrected chi connectivity index (χ4v) is 3.41. The van der Waals surface area contributed by atoms with Gasteiger partial charge in [0.2, 0.25) is 8.32 Å². The summed E-state index contributed by atoms with van der Waals surface area (Å²) in [6.07, 6.45) is 7.74. The summed E-state index contributed by atoms with van der Waals surface area (Å²) in [6.45, 7) is 11.0. The maximum absolute atomic E-state index is 12.1. The molecule has 0 bridgehead atoms. The van der Waals surface area contributed by atoms with Crippen molar-refractivity contribution in [1.82, 2.24) is 5.32 Å². The van der Waals surface area contributed by atoms with Crippen LogP contribution in [0.15, 0.2) is 60.0 Å². The van der Waals surface area contributed by atoms with Crippen molar-refractivity contribution in [3.63, 3.8) is 0 Å². The first-order chi connectivity index (χ1) is 12.1. The van der Waals surface area contributed by atoms with Gasteiger partial charge in [-0.25, -0.2) is 0 Å². The zero-order valence-corrected chi connectivity index (χ0v) is 17.4. The number of rotatable bonds is 7. The first kappa shape index (κ1) is 20.3. The lowest BCUT2D eigenvalue weighted by molar-refractivity contribution is -0.314. The van der Waals surface area contributed by atoms with Crippen LogP contribution in [0.1, 0.15) is 26.3 Å². The standard InChI is InChI=1S/C21H31NO3Si/c1-21(2,3)26(4,5)25-19-12-10-16(11-13-19)14-18(15-23)22-20(24)17-8-6-7-9-17/h6-13,18,22-24H,14-15H2,1-5H3/p-1/t18-/m0/s1. The van der Waals surface area contributed by atoms with Crippen LogP contribution in [0.3, 0.4) is 0 Å². The molecule has 0 aliphatic heterocycles. The minimum Gasteiger partial charge on any atom is -0.860 e. The number of hydrogen-bond donors (Lipinski definition) is 2. The normalized spacial score (nSPS) is 15.2. The summed E-state index contributed by atoms with van der Waals surface area (Å²) in [5.41, 5.74) is 1.66. The Morgan fingerprint density at radius 3 is 2.23 bits per heavy atom. The molecule has 0 aromatic heterocycles. The van der Waals surface area contributed by atoms with Crippen molar-refractivity contribution in [2.75, 3.05) is 6.61 Å². The lowest BCUT2D eigenvalue weighted by Gasteiger charge is -2.36. The molecule has 4 nitrogen and oxygen atoms in total. The highest BCUT2D eigenvalue weighted by atomic mass is 28.4. The van der Waals surface area contributed by atoms with Crippen molar-refractivity contribution < 1.29 is 14.6 Å². The SMILES string of the molecule is CC(C)(C)[Si](C)(C)Oc1ccc(C[C@@H](CO)NC([O-])=C2C=CC=C2)cc1. The molecule has 0 heterocycles. The highest BCUT2D eigenvalue weighted by molar-refractivity contribution is 6.74. The zero-order valence-electron chi connectivity index (χ0n) is 16.4. The third-order valence-electron chi connectivity index (χ3n) is 5.07. The van der Waals surface area contributed by atoms with Gasteiger partial charge in [-0.2, -0.15) is 0 Å². The molecule has 1 aromatic carbocycles. The van der Waals surface area contributed by atoms with E-state index in [1.54, 1.807) is 12.2 Å². The monoisotopic (exact) mass is 372 g/mol. The topological polar surface area (TPSA) is 64.5 Å². The number of allylic oxidation sites excluding steroid dienone is 5. The van der Waals surface area contributed by atoms with Gasteiger partial charge in [-0.05, 0) is 53.7 Å². The third-order valence-corrected chi connectivity index (χ3v) is 9.42. The van der Waals surface area contributed by atoms with Crippen LogP contribution in [0.2, 0.25) is 18.1 Å². The molecule has 1 atom stereocenters. The molecule has 0 unspecified atom stereocenters. The molecule has 2 N–H and O–H groups in total. The van der Waals surface area contributed by atoms with E-state index in [9.17, 15) is 10.2 Å². The first-order valence-electron chi connectivity index (χ1n) is 9.04.